The second-order valence-electron chi connectivity index (χ2n) is 7.70. The minimum atomic E-state index is -4.74. The fraction of sp³-hybridized carbons (Fsp3) is 0.867. The number of alkyl halides is 3. The summed E-state index contributed by atoms with van der Waals surface area (Å²) < 4.78 is 83.4. The van der Waals surface area contributed by atoms with Gasteiger partial charge >= 0.3 is 6.18 Å². The number of ether oxygens (including phenoxy) is 2. The van der Waals surface area contributed by atoms with Gasteiger partial charge in [0.2, 0.25) is 0 Å². The van der Waals surface area contributed by atoms with Crippen LogP contribution in [0.25, 0.3) is 0 Å². The monoisotopic (exact) mass is 420 g/mol. The van der Waals surface area contributed by atoms with Gasteiger partial charge in [-0.15, -0.1) is 0 Å². The largest absolute Gasteiger partial charge is 0.417 e. The maximum absolute atomic E-state index is 13.2. The summed E-state index contributed by atoms with van der Waals surface area (Å²) in [5.41, 5.74) is -1.14. The molecule has 26 heavy (non-hydrogen) atoms. The lowest BCUT2D eigenvalue weighted by Crippen LogP contribution is -2.49. The molecule has 0 radical (unpaired) electrons. The molecule has 154 valence electrons. The summed E-state index contributed by atoms with van der Waals surface area (Å²) >= 11 is 0. The first-order valence-corrected chi connectivity index (χ1v) is 12.7. The molecule has 11 heteroatoms. The maximum atomic E-state index is 13.2. The molecule has 0 aromatic heterocycles. The van der Waals surface area contributed by atoms with E-state index in [1.54, 1.807) is 0 Å². The highest BCUT2D eigenvalue weighted by Gasteiger charge is 2.47. The summed E-state index contributed by atoms with van der Waals surface area (Å²) in [7, 11) is -5.16. The quantitative estimate of drug-likeness (QED) is 0.373. The molecule has 0 bridgehead atoms. The van der Waals surface area contributed by atoms with Gasteiger partial charge in [-0.2, -0.15) is 21.6 Å². The summed E-state index contributed by atoms with van der Waals surface area (Å²) in [6.45, 7) is 9.83. The van der Waals surface area contributed by atoms with E-state index < -0.39 is 48.7 Å². The molecular weight excluding hydrogens is 393 g/mol. The molecule has 1 rings (SSSR count). The van der Waals surface area contributed by atoms with Crippen molar-refractivity contribution in [2.45, 2.75) is 63.6 Å². The predicted octanol–water partition coefficient (Wildman–Crippen LogP) is 3.21. The molecule has 1 aliphatic heterocycles. The molecule has 0 amide bonds. The van der Waals surface area contributed by atoms with Crippen LogP contribution < -0.4 is 0 Å². The van der Waals surface area contributed by atoms with Crippen LogP contribution in [-0.2, 0) is 28.2 Å². The van der Waals surface area contributed by atoms with E-state index in [2.05, 4.69) is 0 Å². The van der Waals surface area contributed by atoms with Crippen LogP contribution in [0.1, 0.15) is 20.8 Å². The highest BCUT2D eigenvalue weighted by molar-refractivity contribution is 7.86. The Bertz CT molecular complexity index is 624. The summed E-state index contributed by atoms with van der Waals surface area (Å²) in [6, 6.07) is 0. The van der Waals surface area contributed by atoms with Crippen LogP contribution in [0.3, 0.4) is 0 Å². The highest BCUT2D eigenvalue weighted by Crippen LogP contribution is 2.38. The van der Waals surface area contributed by atoms with Gasteiger partial charge in [-0.3, -0.25) is 4.18 Å². The molecule has 3 atom stereocenters. The van der Waals surface area contributed by atoms with Gasteiger partial charge in [0.25, 0.3) is 10.1 Å². The third-order valence-electron chi connectivity index (χ3n) is 4.50. The zero-order valence-corrected chi connectivity index (χ0v) is 17.8. The summed E-state index contributed by atoms with van der Waals surface area (Å²) in [6.07, 6.45) is -7.48. The fourth-order valence-corrected chi connectivity index (χ4v) is 3.61. The second-order valence-corrected chi connectivity index (χ2v) is 14.1. The van der Waals surface area contributed by atoms with E-state index in [-0.39, 0.29) is 11.6 Å². The zero-order chi connectivity index (χ0) is 20.6. The first kappa shape index (κ1) is 23.6. The van der Waals surface area contributed by atoms with Gasteiger partial charge in [0.15, 0.2) is 14.6 Å². The van der Waals surface area contributed by atoms with Gasteiger partial charge in [0, 0.05) is 7.11 Å². The summed E-state index contributed by atoms with van der Waals surface area (Å²) in [5, 5.41) is -0.136. The van der Waals surface area contributed by atoms with Crippen molar-refractivity contribution < 1.29 is 39.7 Å². The number of rotatable bonds is 6. The molecule has 0 saturated carbocycles. The SMILES string of the molecule is CO[C@H]1O[C@H](CO[Si](C)(C)C(C)(C)C)[C@@H](OS(C)(=O)=O)C=C1C(F)(F)F. The standard InChI is InChI=1S/C15H27F3O6SSi/c1-14(2,3)26(6,7)22-9-12-11(24-25(5,19)20)8-10(15(16,17)18)13(21-4)23-12/h8,11-13H,9H2,1-7H3/t11-,12+,13-/m0/s1. The van der Waals surface area contributed by atoms with E-state index in [9.17, 15) is 21.6 Å². The molecule has 1 heterocycles. The Morgan fingerprint density at radius 3 is 2.15 bits per heavy atom. The average molecular weight is 421 g/mol. The van der Waals surface area contributed by atoms with Crippen molar-refractivity contribution in [3.8, 4) is 0 Å². The number of hydrogen-bond donors (Lipinski definition) is 0. The summed E-state index contributed by atoms with van der Waals surface area (Å²) in [5.74, 6) is 0. The van der Waals surface area contributed by atoms with Gasteiger partial charge in [-0.25, -0.2) is 0 Å². The third kappa shape index (κ3) is 6.31. The Morgan fingerprint density at radius 2 is 1.77 bits per heavy atom. The first-order valence-electron chi connectivity index (χ1n) is 7.97. The number of halogens is 3. The Labute approximate surface area is 153 Å². The summed E-state index contributed by atoms with van der Waals surface area (Å²) in [4.78, 5) is 0. The molecule has 6 nitrogen and oxygen atoms in total. The van der Waals surface area contributed by atoms with Crippen molar-refractivity contribution in [1.29, 1.82) is 0 Å². The van der Waals surface area contributed by atoms with Gasteiger partial charge in [0.05, 0.1) is 18.4 Å². The minimum absolute atomic E-state index is 0.113. The van der Waals surface area contributed by atoms with Gasteiger partial charge < -0.3 is 13.9 Å². The lowest BCUT2D eigenvalue weighted by Gasteiger charge is -2.40. The zero-order valence-electron chi connectivity index (χ0n) is 16.0. The molecule has 0 aromatic carbocycles. The molecule has 0 fully saturated rings. The van der Waals surface area contributed by atoms with Crippen LogP contribution >= 0.6 is 0 Å². The van der Waals surface area contributed by atoms with Gasteiger partial charge in [-0.05, 0) is 24.2 Å². The van der Waals surface area contributed by atoms with Crippen LogP contribution in [0.15, 0.2) is 11.6 Å². The molecule has 0 aliphatic carbocycles. The van der Waals surface area contributed by atoms with Crippen LogP contribution in [-0.4, -0.2) is 61.4 Å². The van der Waals surface area contributed by atoms with E-state index in [4.69, 9.17) is 18.1 Å². The molecule has 0 aromatic rings. The van der Waals surface area contributed by atoms with Gasteiger partial charge in [0.1, 0.15) is 12.2 Å². The molecule has 0 unspecified atom stereocenters. The normalized spacial score (nSPS) is 25.9. The molecule has 0 saturated heterocycles. The maximum Gasteiger partial charge on any atom is 0.417 e. The third-order valence-corrected chi connectivity index (χ3v) is 9.58. The van der Waals surface area contributed by atoms with Crippen LogP contribution in [0.5, 0.6) is 0 Å². The fourth-order valence-electron chi connectivity index (χ4n) is 2.02. The van der Waals surface area contributed by atoms with Crippen molar-refractivity contribution in [3.63, 3.8) is 0 Å². The lowest BCUT2D eigenvalue weighted by atomic mass is 10.1. The van der Waals surface area contributed by atoms with Crippen LogP contribution in [0.2, 0.25) is 18.1 Å². The minimum Gasteiger partial charge on any atom is -0.414 e. The van der Waals surface area contributed by atoms with Crippen molar-refractivity contribution in [2.24, 2.45) is 0 Å². The van der Waals surface area contributed by atoms with E-state index in [0.717, 1.165) is 13.4 Å². The van der Waals surface area contributed by atoms with E-state index in [1.165, 1.54) is 0 Å². The molecular formula is C15H27F3O6SSi. The van der Waals surface area contributed by atoms with Crippen molar-refractivity contribution in [1.82, 2.24) is 0 Å². The van der Waals surface area contributed by atoms with Crippen molar-refractivity contribution in [3.05, 3.63) is 11.6 Å². The molecule has 0 N–H and O–H groups in total. The van der Waals surface area contributed by atoms with Gasteiger partial charge in [-0.1, -0.05) is 20.8 Å². The van der Waals surface area contributed by atoms with Crippen molar-refractivity contribution in [2.75, 3.05) is 20.0 Å². The van der Waals surface area contributed by atoms with E-state index in [0.29, 0.717) is 6.08 Å². The Hall–Kier alpha value is -0.463. The Kier molecular flexibility index (Phi) is 7.14. The molecule has 0 spiro atoms. The molecule has 1 aliphatic rings. The number of hydrogen-bond acceptors (Lipinski definition) is 6. The highest BCUT2D eigenvalue weighted by atomic mass is 32.2. The number of methoxy groups -OCH3 is 1. The topological polar surface area (TPSA) is 71.1 Å². The average Bonchev–Trinajstić information content (AvgIpc) is 2.41. The second kappa shape index (κ2) is 7.88. The predicted molar refractivity (Wildman–Crippen MR) is 92.7 cm³/mol. The van der Waals surface area contributed by atoms with E-state index >= 15 is 0 Å². The van der Waals surface area contributed by atoms with Crippen molar-refractivity contribution >= 4 is 18.4 Å². The first-order chi connectivity index (χ1) is 11.5. The van der Waals surface area contributed by atoms with E-state index in [1.807, 2.05) is 33.9 Å². The van der Waals surface area contributed by atoms with Crippen LogP contribution in [0.4, 0.5) is 13.2 Å². The smallest absolute Gasteiger partial charge is 0.414 e. The lowest BCUT2D eigenvalue weighted by molar-refractivity contribution is -0.204. The van der Waals surface area contributed by atoms with Crippen LogP contribution in [0, 0.1) is 0 Å². The Morgan fingerprint density at radius 1 is 1.23 bits per heavy atom. The Balaban J connectivity index is 3.14.